The van der Waals surface area contributed by atoms with Gasteiger partial charge in [0.2, 0.25) is 0 Å². The first kappa shape index (κ1) is 11.5. The largest absolute Gasteiger partial charge is 0.508 e. The molecule has 0 aliphatic heterocycles. The van der Waals surface area contributed by atoms with E-state index in [2.05, 4.69) is 0 Å². The number of aliphatic hydroxyl groups is 1. The van der Waals surface area contributed by atoms with Crippen LogP contribution < -0.4 is 5.73 Å². The van der Waals surface area contributed by atoms with Gasteiger partial charge >= 0.3 is 5.97 Å². The molecule has 1 rings (SSSR count). The molecule has 2 atom stereocenters. The van der Waals surface area contributed by atoms with Gasteiger partial charge in [-0.25, -0.2) is 0 Å². The van der Waals surface area contributed by atoms with E-state index in [1.54, 1.807) is 12.1 Å². The van der Waals surface area contributed by atoms with Gasteiger partial charge in [-0.05, 0) is 6.07 Å². The lowest BCUT2D eigenvalue weighted by molar-refractivity contribution is -0.139. The summed E-state index contributed by atoms with van der Waals surface area (Å²) in [6.07, 6.45) is -1.20. The summed E-state index contributed by atoms with van der Waals surface area (Å²) >= 11 is 0. The zero-order chi connectivity index (χ0) is 11.4. The monoisotopic (exact) mass is 211 g/mol. The van der Waals surface area contributed by atoms with E-state index in [0.29, 0.717) is 0 Å². The Morgan fingerprint density at radius 3 is 2.53 bits per heavy atom. The van der Waals surface area contributed by atoms with Gasteiger partial charge in [-0.2, -0.15) is 0 Å². The molecule has 1 aromatic rings. The van der Waals surface area contributed by atoms with Crippen molar-refractivity contribution in [2.24, 2.45) is 5.73 Å². The molecule has 5 N–H and O–H groups in total. The first-order chi connectivity index (χ1) is 7.02. The topological polar surface area (TPSA) is 104 Å². The molecular formula is C10H13NO4. The molecule has 0 amide bonds. The number of aliphatic carboxylic acids is 1. The molecule has 82 valence electrons. The number of carboxylic acid groups (broad SMARTS) is 1. The Morgan fingerprint density at radius 2 is 2.00 bits per heavy atom. The summed E-state index contributed by atoms with van der Waals surface area (Å²) < 4.78 is 0. The highest BCUT2D eigenvalue weighted by Gasteiger charge is 2.19. The van der Waals surface area contributed by atoms with Crippen LogP contribution in [-0.4, -0.2) is 27.3 Å². The molecule has 0 heterocycles. The fourth-order valence-corrected chi connectivity index (χ4v) is 1.24. The Bertz CT molecular complexity index is 353. The van der Waals surface area contributed by atoms with E-state index in [1.807, 2.05) is 0 Å². The van der Waals surface area contributed by atoms with Crippen LogP contribution in [0, 0.1) is 0 Å². The predicted octanol–water partition coefficient (Wildman–Crippen LogP) is 0.228. The van der Waals surface area contributed by atoms with E-state index in [0.717, 1.165) is 0 Å². The summed E-state index contributed by atoms with van der Waals surface area (Å²) in [5, 5.41) is 27.5. The Balaban J connectivity index is 2.73. The number of carbonyl (C=O) groups is 1. The molecule has 5 heteroatoms. The normalized spacial score (nSPS) is 14.5. The lowest BCUT2D eigenvalue weighted by Gasteiger charge is -2.14. The van der Waals surface area contributed by atoms with Gasteiger partial charge in [0, 0.05) is 12.0 Å². The van der Waals surface area contributed by atoms with Crippen molar-refractivity contribution in [1.29, 1.82) is 0 Å². The van der Waals surface area contributed by atoms with Crippen molar-refractivity contribution in [2.45, 2.75) is 18.6 Å². The number of phenolic OH excluding ortho intramolecular Hbond substituents is 1. The highest BCUT2D eigenvalue weighted by molar-refractivity contribution is 5.73. The maximum Gasteiger partial charge on any atom is 0.320 e. The summed E-state index contributed by atoms with van der Waals surface area (Å²) in [6, 6.07) is 5.06. The van der Waals surface area contributed by atoms with E-state index < -0.39 is 18.1 Å². The Kier molecular flexibility index (Phi) is 3.65. The van der Waals surface area contributed by atoms with Crippen LogP contribution in [0.3, 0.4) is 0 Å². The van der Waals surface area contributed by atoms with Crippen molar-refractivity contribution < 1.29 is 20.1 Å². The van der Waals surface area contributed by atoms with Crippen LogP contribution in [0.1, 0.15) is 18.1 Å². The van der Waals surface area contributed by atoms with Gasteiger partial charge in [0.1, 0.15) is 11.8 Å². The smallest absolute Gasteiger partial charge is 0.320 e. The number of hydrogen-bond acceptors (Lipinski definition) is 4. The number of aliphatic hydroxyl groups excluding tert-OH is 1. The van der Waals surface area contributed by atoms with E-state index in [-0.39, 0.29) is 17.7 Å². The first-order valence-electron chi connectivity index (χ1n) is 4.46. The van der Waals surface area contributed by atoms with Gasteiger partial charge in [-0.1, -0.05) is 18.2 Å². The van der Waals surface area contributed by atoms with Crippen molar-refractivity contribution in [3.05, 3.63) is 29.8 Å². The molecule has 0 fully saturated rings. The highest BCUT2D eigenvalue weighted by atomic mass is 16.4. The summed E-state index contributed by atoms with van der Waals surface area (Å²) in [5.74, 6) is -1.24. The van der Waals surface area contributed by atoms with Crippen LogP contribution >= 0.6 is 0 Å². The van der Waals surface area contributed by atoms with E-state index in [1.165, 1.54) is 12.1 Å². The van der Waals surface area contributed by atoms with Crippen molar-refractivity contribution >= 4 is 5.97 Å². The number of hydrogen-bond donors (Lipinski definition) is 4. The minimum absolute atomic E-state index is 0.0670. The summed E-state index contributed by atoms with van der Waals surface area (Å²) in [7, 11) is 0. The second-order valence-corrected chi connectivity index (χ2v) is 3.26. The fraction of sp³-hybridized carbons (Fsp3) is 0.300. The van der Waals surface area contributed by atoms with Crippen LogP contribution in [-0.2, 0) is 4.79 Å². The minimum atomic E-state index is -1.18. The third-order valence-electron chi connectivity index (χ3n) is 2.09. The predicted molar refractivity (Wildman–Crippen MR) is 53.3 cm³/mol. The molecule has 0 saturated heterocycles. The van der Waals surface area contributed by atoms with Crippen LogP contribution in [0.5, 0.6) is 5.75 Å². The quantitative estimate of drug-likeness (QED) is 0.570. The van der Waals surface area contributed by atoms with Gasteiger partial charge in [-0.3, -0.25) is 4.79 Å². The average molecular weight is 211 g/mol. The van der Waals surface area contributed by atoms with Gasteiger partial charge in [0.25, 0.3) is 0 Å². The molecule has 0 aliphatic rings. The van der Waals surface area contributed by atoms with Crippen LogP contribution in [0.15, 0.2) is 24.3 Å². The van der Waals surface area contributed by atoms with Gasteiger partial charge < -0.3 is 21.1 Å². The molecule has 2 unspecified atom stereocenters. The van der Waals surface area contributed by atoms with Gasteiger partial charge in [0.15, 0.2) is 0 Å². The van der Waals surface area contributed by atoms with Crippen molar-refractivity contribution in [3.63, 3.8) is 0 Å². The second kappa shape index (κ2) is 4.77. The molecule has 5 nitrogen and oxygen atoms in total. The Labute approximate surface area is 86.8 Å². The fourth-order valence-electron chi connectivity index (χ4n) is 1.24. The molecule has 0 spiro atoms. The third kappa shape index (κ3) is 2.93. The number of rotatable bonds is 4. The number of carboxylic acids is 1. The summed E-state index contributed by atoms with van der Waals surface area (Å²) in [5.41, 5.74) is 5.55. The van der Waals surface area contributed by atoms with Crippen molar-refractivity contribution in [3.8, 4) is 5.75 Å². The van der Waals surface area contributed by atoms with Crippen molar-refractivity contribution in [2.75, 3.05) is 0 Å². The number of para-hydroxylation sites is 1. The zero-order valence-corrected chi connectivity index (χ0v) is 8.00. The van der Waals surface area contributed by atoms with E-state index in [4.69, 9.17) is 10.8 Å². The lowest BCUT2D eigenvalue weighted by Crippen LogP contribution is -2.31. The maximum atomic E-state index is 10.5. The maximum absolute atomic E-state index is 10.5. The Hall–Kier alpha value is -1.59. The SMILES string of the molecule is NC(CC(O)c1ccccc1O)C(=O)O. The minimum Gasteiger partial charge on any atom is -0.508 e. The summed E-state index contributed by atoms with van der Waals surface area (Å²) in [6.45, 7) is 0. The van der Waals surface area contributed by atoms with Crippen LogP contribution in [0.25, 0.3) is 0 Å². The molecule has 0 saturated carbocycles. The molecule has 0 aromatic heterocycles. The molecular weight excluding hydrogens is 198 g/mol. The van der Waals surface area contributed by atoms with Gasteiger partial charge in [-0.15, -0.1) is 0 Å². The van der Waals surface area contributed by atoms with E-state index >= 15 is 0 Å². The molecule has 15 heavy (non-hydrogen) atoms. The second-order valence-electron chi connectivity index (χ2n) is 3.26. The lowest BCUT2D eigenvalue weighted by atomic mass is 10.0. The average Bonchev–Trinajstić information content (AvgIpc) is 2.18. The standard InChI is InChI=1S/C10H13NO4/c11-7(10(14)15)5-9(13)6-3-1-2-4-8(6)12/h1-4,7,9,12-13H,5,11H2,(H,14,15). The van der Waals surface area contributed by atoms with Gasteiger partial charge in [0.05, 0.1) is 6.10 Å². The zero-order valence-electron chi connectivity index (χ0n) is 8.00. The van der Waals surface area contributed by atoms with E-state index in [9.17, 15) is 15.0 Å². The first-order valence-corrected chi connectivity index (χ1v) is 4.46. The molecule has 0 aliphatic carbocycles. The molecule has 1 aromatic carbocycles. The molecule has 0 radical (unpaired) electrons. The van der Waals surface area contributed by atoms with Crippen molar-refractivity contribution in [1.82, 2.24) is 0 Å². The van der Waals surface area contributed by atoms with Crippen LogP contribution in [0.4, 0.5) is 0 Å². The number of nitrogens with two attached hydrogens (primary N) is 1. The molecule has 0 bridgehead atoms. The number of aromatic hydroxyl groups is 1. The Morgan fingerprint density at radius 1 is 1.40 bits per heavy atom. The number of phenols is 1. The highest BCUT2D eigenvalue weighted by Crippen LogP contribution is 2.26. The number of benzene rings is 1. The summed E-state index contributed by atoms with van der Waals surface area (Å²) in [4.78, 5) is 10.5. The third-order valence-corrected chi connectivity index (χ3v) is 2.09. The van der Waals surface area contributed by atoms with Crippen LogP contribution in [0.2, 0.25) is 0 Å².